The normalized spacial score (nSPS) is 14.1. The summed E-state index contributed by atoms with van der Waals surface area (Å²) in [6.45, 7) is 19.8. The molecule has 1 aromatic rings. The molecule has 0 bridgehead atoms. The van der Waals surface area contributed by atoms with E-state index < -0.39 is 26.7 Å². The molecule has 0 N–H and O–H groups in total. The molecular weight excluding hydrogens is 547 g/mol. The van der Waals surface area contributed by atoms with Gasteiger partial charge in [-0.15, -0.1) is 0 Å². The molecular formula is C32H60OSiSn. The molecule has 0 heterocycles. The summed E-state index contributed by atoms with van der Waals surface area (Å²) in [5.41, 5.74) is 1.49. The van der Waals surface area contributed by atoms with Crippen LogP contribution in [0.5, 0.6) is 0 Å². The summed E-state index contributed by atoms with van der Waals surface area (Å²) < 4.78 is 12.9. The summed E-state index contributed by atoms with van der Waals surface area (Å²) in [5.74, 6) is 0.596. The first-order valence-corrected chi connectivity index (χ1v) is 25.9. The Bertz CT molecular complexity index is 655. The Morgan fingerprint density at radius 1 is 0.829 bits per heavy atom. The molecule has 0 saturated heterocycles. The first-order chi connectivity index (χ1) is 16.6. The van der Waals surface area contributed by atoms with Crippen LogP contribution < -0.4 is 0 Å². The predicted octanol–water partition coefficient (Wildman–Crippen LogP) is 11.4. The van der Waals surface area contributed by atoms with E-state index in [0.29, 0.717) is 5.92 Å². The zero-order valence-corrected chi connectivity index (χ0v) is 28.8. The molecule has 0 aliphatic heterocycles. The summed E-state index contributed by atoms with van der Waals surface area (Å²) in [5, 5.41) is 0.281. The van der Waals surface area contributed by atoms with Crippen LogP contribution in [-0.4, -0.2) is 33.3 Å². The van der Waals surface area contributed by atoms with Crippen LogP contribution in [-0.2, 0) is 4.43 Å². The van der Waals surface area contributed by atoms with Crippen molar-refractivity contribution in [1.82, 2.24) is 0 Å². The van der Waals surface area contributed by atoms with Gasteiger partial charge < -0.3 is 0 Å². The van der Waals surface area contributed by atoms with Crippen LogP contribution in [0.25, 0.3) is 0 Å². The van der Waals surface area contributed by atoms with Gasteiger partial charge in [0.25, 0.3) is 0 Å². The van der Waals surface area contributed by atoms with Gasteiger partial charge in [-0.2, -0.15) is 0 Å². The van der Waals surface area contributed by atoms with Gasteiger partial charge in [0.1, 0.15) is 0 Å². The average molecular weight is 608 g/mol. The second-order valence-electron chi connectivity index (χ2n) is 12.6. The van der Waals surface area contributed by atoms with Gasteiger partial charge in [-0.25, -0.2) is 0 Å². The van der Waals surface area contributed by atoms with E-state index in [1.165, 1.54) is 61.4 Å². The zero-order valence-electron chi connectivity index (χ0n) is 24.9. The van der Waals surface area contributed by atoms with E-state index in [2.05, 4.69) is 97.1 Å². The standard InChI is InChI=1S/C20H33OSi.3C4H9.Sn/c1-7-8-10-13-19(18-14-11-9-12-15-18)16-17-21-22(5,6)20(2,3)4;3*1-3-4-2;/h7-9,11-12,14-15,19H,1,10,13,16-17H2,2-6H3;3*1,3-4H2,2H3;/b8-7-;;;;. The Balaban J connectivity index is 2.76. The van der Waals surface area contributed by atoms with Gasteiger partial charge in [0.15, 0.2) is 0 Å². The van der Waals surface area contributed by atoms with Gasteiger partial charge in [0.05, 0.1) is 0 Å². The first-order valence-electron chi connectivity index (χ1n) is 14.9. The Morgan fingerprint density at radius 3 is 1.86 bits per heavy atom. The Hall–Kier alpha value is -0.0644. The molecule has 0 aromatic heterocycles. The molecule has 0 spiro atoms. The van der Waals surface area contributed by atoms with Gasteiger partial charge in [0.2, 0.25) is 0 Å². The Kier molecular flexibility index (Phi) is 16.4. The minimum atomic E-state index is -2.03. The second kappa shape index (κ2) is 17.4. The van der Waals surface area contributed by atoms with Crippen LogP contribution in [0.2, 0.25) is 35.9 Å². The van der Waals surface area contributed by atoms with Crippen molar-refractivity contribution in [2.24, 2.45) is 0 Å². The quantitative estimate of drug-likeness (QED) is 0.112. The molecule has 35 heavy (non-hydrogen) atoms. The van der Waals surface area contributed by atoms with Crippen LogP contribution in [0, 0.1) is 0 Å². The second-order valence-corrected chi connectivity index (χ2v) is 31.4. The molecule has 0 aliphatic carbocycles. The summed E-state index contributed by atoms with van der Waals surface area (Å²) in [7, 11) is -1.68. The molecule has 0 amide bonds. The summed E-state index contributed by atoms with van der Waals surface area (Å²) >= 11 is -2.03. The zero-order chi connectivity index (χ0) is 26.2. The maximum atomic E-state index is 6.56. The third-order valence-corrected chi connectivity index (χ3v) is 28.4. The first kappa shape index (κ1) is 33.0. The molecule has 0 aliphatic rings. The molecule has 0 fully saturated rings. The number of hydrogen-bond donors (Lipinski definition) is 0. The summed E-state index contributed by atoms with van der Waals surface area (Å²) in [6, 6.07) is 11.2. The van der Waals surface area contributed by atoms with Crippen molar-refractivity contribution in [1.29, 1.82) is 0 Å². The summed E-state index contributed by atoms with van der Waals surface area (Å²) in [4.78, 5) is 0. The molecule has 1 rings (SSSR count). The minimum absolute atomic E-state index is 0.281. The van der Waals surface area contributed by atoms with Crippen LogP contribution in [0.4, 0.5) is 0 Å². The fraction of sp³-hybridized carbons (Fsp3) is 0.750. The van der Waals surface area contributed by atoms with Crippen molar-refractivity contribution in [2.45, 2.75) is 141 Å². The molecule has 0 saturated carbocycles. The Labute approximate surface area is 225 Å². The van der Waals surface area contributed by atoms with Crippen molar-refractivity contribution >= 4 is 26.7 Å². The number of benzene rings is 1. The molecule has 1 atom stereocenters. The molecule has 3 heteroatoms. The average Bonchev–Trinajstić information content (AvgIpc) is 2.83. The van der Waals surface area contributed by atoms with Crippen molar-refractivity contribution in [3.05, 3.63) is 48.0 Å². The van der Waals surface area contributed by atoms with E-state index in [0.717, 1.165) is 13.0 Å². The SMILES string of the molecule is CCC[CH2][Sn]([CH2]/C=C\CCC(CCO[Si](C)(C)C(C)(C)C)c1ccccc1)([CH2]CCC)[CH2]CCC. The van der Waals surface area contributed by atoms with E-state index in [1.807, 2.05) is 0 Å². The van der Waals surface area contributed by atoms with Gasteiger partial charge in [0, 0.05) is 0 Å². The maximum absolute atomic E-state index is 6.56. The molecule has 1 nitrogen and oxygen atoms in total. The van der Waals surface area contributed by atoms with Crippen molar-refractivity contribution in [3.63, 3.8) is 0 Å². The van der Waals surface area contributed by atoms with Crippen molar-refractivity contribution in [3.8, 4) is 0 Å². The monoisotopic (exact) mass is 608 g/mol. The molecule has 1 aromatic carbocycles. The van der Waals surface area contributed by atoms with Gasteiger partial charge >= 0.3 is 227 Å². The fourth-order valence-electron chi connectivity index (χ4n) is 4.96. The van der Waals surface area contributed by atoms with E-state index in [9.17, 15) is 0 Å². The number of rotatable bonds is 19. The molecule has 1 unspecified atom stereocenters. The van der Waals surface area contributed by atoms with E-state index in [4.69, 9.17) is 4.43 Å². The van der Waals surface area contributed by atoms with E-state index in [-0.39, 0.29) is 5.04 Å². The van der Waals surface area contributed by atoms with Crippen LogP contribution in [0.3, 0.4) is 0 Å². The number of hydrogen-bond acceptors (Lipinski definition) is 1. The predicted molar refractivity (Wildman–Crippen MR) is 165 cm³/mol. The van der Waals surface area contributed by atoms with E-state index in [1.54, 1.807) is 13.3 Å². The number of allylic oxidation sites excluding steroid dienone is 2. The van der Waals surface area contributed by atoms with Crippen LogP contribution >= 0.6 is 0 Å². The van der Waals surface area contributed by atoms with Crippen molar-refractivity contribution in [2.75, 3.05) is 6.61 Å². The topological polar surface area (TPSA) is 9.23 Å². The van der Waals surface area contributed by atoms with Gasteiger partial charge in [-0.05, 0) is 0 Å². The number of unbranched alkanes of at least 4 members (excludes halogenated alkanes) is 3. The fourth-order valence-corrected chi connectivity index (χ4v) is 21.3. The molecule has 202 valence electrons. The van der Waals surface area contributed by atoms with Crippen LogP contribution in [0.15, 0.2) is 42.5 Å². The van der Waals surface area contributed by atoms with Gasteiger partial charge in [-0.1, -0.05) is 0 Å². The molecule has 0 radical (unpaired) electrons. The van der Waals surface area contributed by atoms with Crippen molar-refractivity contribution < 1.29 is 4.43 Å². The third kappa shape index (κ3) is 12.8. The Morgan fingerprint density at radius 2 is 1.37 bits per heavy atom. The van der Waals surface area contributed by atoms with Crippen LogP contribution in [0.1, 0.15) is 111 Å². The summed E-state index contributed by atoms with van der Waals surface area (Å²) in [6.07, 6.45) is 17.3. The van der Waals surface area contributed by atoms with E-state index >= 15 is 0 Å². The van der Waals surface area contributed by atoms with Gasteiger partial charge in [-0.3, -0.25) is 0 Å². The third-order valence-electron chi connectivity index (χ3n) is 8.59.